The van der Waals surface area contributed by atoms with Crippen LogP contribution in [-0.4, -0.2) is 48.9 Å². The van der Waals surface area contributed by atoms with Crippen LogP contribution in [0.5, 0.6) is 0 Å². The molecule has 0 bridgehead atoms. The highest BCUT2D eigenvalue weighted by Gasteiger charge is 2.26. The molecule has 0 amide bonds. The Hall–Kier alpha value is -1.29. The van der Waals surface area contributed by atoms with E-state index in [1.165, 1.54) is 14.7 Å². The number of aryl methyl sites for hydroxylation is 2. The first-order valence-corrected chi connectivity index (χ1v) is 8.93. The van der Waals surface area contributed by atoms with Crippen LogP contribution in [0.3, 0.4) is 0 Å². The molecule has 7 nitrogen and oxygen atoms in total. The van der Waals surface area contributed by atoms with Gasteiger partial charge in [-0.2, -0.15) is 12.7 Å². The van der Waals surface area contributed by atoms with Gasteiger partial charge in [-0.05, 0) is 19.4 Å². The summed E-state index contributed by atoms with van der Waals surface area (Å²) in [6.45, 7) is 6.07. The third-order valence-corrected chi connectivity index (χ3v) is 6.04. The van der Waals surface area contributed by atoms with Crippen molar-refractivity contribution >= 4 is 37.6 Å². The molecule has 0 aromatic carbocycles. The number of hydrogen-bond donors (Lipinski definition) is 1. The third-order valence-electron chi connectivity index (χ3n) is 3.84. The predicted molar refractivity (Wildman–Crippen MR) is 83.8 cm³/mol. The summed E-state index contributed by atoms with van der Waals surface area (Å²) < 4.78 is 24.0. The third kappa shape index (κ3) is 2.61. The lowest BCUT2D eigenvalue weighted by molar-refractivity contribution is 0.385. The average molecular weight is 327 g/mol. The normalized spacial score (nSPS) is 17.6. The van der Waals surface area contributed by atoms with Crippen molar-refractivity contribution in [2.45, 2.75) is 13.8 Å². The molecule has 0 atom stereocenters. The quantitative estimate of drug-likeness (QED) is 0.873. The Kier molecular flexibility index (Phi) is 3.60. The van der Waals surface area contributed by atoms with Gasteiger partial charge in [0.25, 0.3) is 10.2 Å². The minimum absolute atomic E-state index is 0.381. The van der Waals surface area contributed by atoms with Gasteiger partial charge in [0, 0.05) is 31.1 Å². The summed E-state index contributed by atoms with van der Waals surface area (Å²) in [5.41, 5.74) is 1.19. The zero-order valence-corrected chi connectivity index (χ0v) is 13.5. The lowest BCUT2D eigenvalue weighted by Gasteiger charge is -2.33. The average Bonchev–Trinajstić information content (AvgIpc) is 2.73. The summed E-state index contributed by atoms with van der Waals surface area (Å²) in [6, 6.07) is 0. The van der Waals surface area contributed by atoms with Crippen molar-refractivity contribution in [1.82, 2.24) is 14.3 Å². The molecule has 2 aromatic heterocycles. The van der Waals surface area contributed by atoms with Crippen LogP contribution >= 0.6 is 11.3 Å². The molecule has 1 fully saturated rings. The highest BCUT2D eigenvalue weighted by Crippen LogP contribution is 2.34. The first-order valence-electron chi connectivity index (χ1n) is 6.61. The second-order valence-corrected chi connectivity index (χ2v) is 7.84. The largest absolute Gasteiger partial charge is 0.353 e. The van der Waals surface area contributed by atoms with Crippen molar-refractivity contribution in [3.63, 3.8) is 0 Å². The minimum atomic E-state index is -3.60. The topological polar surface area (TPSA) is 92.4 Å². The van der Waals surface area contributed by atoms with Gasteiger partial charge >= 0.3 is 0 Å². The van der Waals surface area contributed by atoms with E-state index in [9.17, 15) is 8.42 Å². The number of anilines is 1. The Balaban J connectivity index is 1.93. The molecule has 3 heterocycles. The van der Waals surface area contributed by atoms with Crippen molar-refractivity contribution in [3.8, 4) is 0 Å². The number of thiophene rings is 1. The molecule has 0 radical (unpaired) electrons. The molecular weight excluding hydrogens is 310 g/mol. The summed E-state index contributed by atoms with van der Waals surface area (Å²) in [5, 5.41) is 6.24. The molecule has 0 spiro atoms. The van der Waals surface area contributed by atoms with Crippen molar-refractivity contribution in [3.05, 3.63) is 16.8 Å². The zero-order chi connectivity index (χ0) is 15.2. The van der Waals surface area contributed by atoms with E-state index < -0.39 is 10.2 Å². The van der Waals surface area contributed by atoms with Gasteiger partial charge in [0.15, 0.2) is 0 Å². The van der Waals surface area contributed by atoms with Crippen LogP contribution in [0, 0.1) is 13.8 Å². The number of fused-ring (bicyclic) bond motifs is 1. The van der Waals surface area contributed by atoms with Gasteiger partial charge < -0.3 is 4.90 Å². The summed E-state index contributed by atoms with van der Waals surface area (Å²) >= 11 is 1.66. The van der Waals surface area contributed by atoms with Crippen molar-refractivity contribution in [1.29, 1.82) is 0 Å². The van der Waals surface area contributed by atoms with E-state index >= 15 is 0 Å². The van der Waals surface area contributed by atoms with Crippen LogP contribution in [0.1, 0.15) is 10.4 Å². The lowest BCUT2D eigenvalue weighted by atomic mass is 10.2. The number of hydrogen-bond acceptors (Lipinski definition) is 6. The van der Waals surface area contributed by atoms with Gasteiger partial charge in [-0.25, -0.2) is 15.1 Å². The van der Waals surface area contributed by atoms with Crippen molar-refractivity contribution in [2.75, 3.05) is 31.1 Å². The minimum Gasteiger partial charge on any atom is -0.353 e. The van der Waals surface area contributed by atoms with E-state index in [4.69, 9.17) is 5.14 Å². The molecule has 3 rings (SSSR count). The molecular formula is C12H17N5O2S2. The fourth-order valence-corrected chi connectivity index (χ4v) is 4.22. The molecule has 1 aliphatic heterocycles. The maximum atomic E-state index is 11.4. The molecule has 1 saturated heterocycles. The molecule has 1 aliphatic rings. The smallest absolute Gasteiger partial charge is 0.277 e. The second kappa shape index (κ2) is 5.16. The van der Waals surface area contributed by atoms with Crippen molar-refractivity contribution < 1.29 is 8.42 Å². The summed E-state index contributed by atoms with van der Waals surface area (Å²) in [5.74, 6) is 0.885. The first-order chi connectivity index (χ1) is 9.88. The van der Waals surface area contributed by atoms with Crippen LogP contribution in [0.25, 0.3) is 10.2 Å². The van der Waals surface area contributed by atoms with E-state index in [-0.39, 0.29) is 0 Å². The van der Waals surface area contributed by atoms with Crippen LogP contribution in [0.4, 0.5) is 5.82 Å². The number of rotatable bonds is 2. The molecule has 0 aliphatic carbocycles. The Morgan fingerprint density at radius 3 is 2.48 bits per heavy atom. The molecule has 2 aromatic rings. The van der Waals surface area contributed by atoms with Crippen LogP contribution in [0.2, 0.25) is 0 Å². The standard InChI is InChI=1S/C12H17N5O2S2/c1-8-9(2)20-12-10(8)11(14-7-15-12)16-3-5-17(6-4-16)21(13,18)19/h7H,3-6H2,1-2H3,(H2,13,18,19). The maximum Gasteiger partial charge on any atom is 0.277 e. The van der Waals surface area contributed by atoms with E-state index in [1.807, 2.05) is 0 Å². The lowest BCUT2D eigenvalue weighted by Crippen LogP contribution is -2.51. The highest BCUT2D eigenvalue weighted by atomic mass is 32.2. The van der Waals surface area contributed by atoms with Gasteiger partial charge in [0.1, 0.15) is 17.0 Å². The van der Waals surface area contributed by atoms with Gasteiger partial charge in [0.05, 0.1) is 5.39 Å². The van der Waals surface area contributed by atoms with Gasteiger partial charge in [-0.15, -0.1) is 11.3 Å². The Bertz CT molecular complexity index is 778. The molecule has 2 N–H and O–H groups in total. The van der Waals surface area contributed by atoms with E-state index in [1.54, 1.807) is 17.7 Å². The van der Waals surface area contributed by atoms with Crippen LogP contribution in [0.15, 0.2) is 6.33 Å². The summed E-state index contributed by atoms with van der Waals surface area (Å²) in [6.07, 6.45) is 1.57. The van der Waals surface area contributed by atoms with Gasteiger partial charge in [-0.3, -0.25) is 0 Å². The number of nitrogens with two attached hydrogens (primary N) is 1. The molecule has 0 saturated carbocycles. The maximum absolute atomic E-state index is 11.4. The molecule has 0 unspecified atom stereocenters. The number of piperazine rings is 1. The SMILES string of the molecule is Cc1sc2ncnc(N3CCN(S(N)(=O)=O)CC3)c2c1C. The fraction of sp³-hybridized carbons (Fsp3) is 0.500. The van der Waals surface area contributed by atoms with E-state index in [0.29, 0.717) is 26.2 Å². The molecule has 21 heavy (non-hydrogen) atoms. The van der Waals surface area contributed by atoms with Crippen LogP contribution in [-0.2, 0) is 10.2 Å². The monoisotopic (exact) mass is 327 g/mol. The first kappa shape index (κ1) is 14.6. The van der Waals surface area contributed by atoms with E-state index in [0.717, 1.165) is 16.0 Å². The summed E-state index contributed by atoms with van der Waals surface area (Å²) in [4.78, 5) is 13.1. The van der Waals surface area contributed by atoms with Crippen LogP contribution < -0.4 is 10.0 Å². The Labute approximate surface area is 127 Å². The second-order valence-electron chi connectivity index (χ2n) is 5.09. The zero-order valence-electron chi connectivity index (χ0n) is 11.9. The van der Waals surface area contributed by atoms with Gasteiger partial charge in [-0.1, -0.05) is 0 Å². The van der Waals surface area contributed by atoms with Crippen molar-refractivity contribution in [2.24, 2.45) is 5.14 Å². The fourth-order valence-electron chi connectivity index (χ4n) is 2.56. The predicted octanol–water partition coefficient (Wildman–Crippen LogP) is 0.634. The Morgan fingerprint density at radius 1 is 1.19 bits per heavy atom. The number of nitrogens with zero attached hydrogens (tertiary/aromatic N) is 4. The molecule has 9 heteroatoms. The summed E-state index contributed by atoms with van der Waals surface area (Å²) in [7, 11) is -3.60. The van der Waals surface area contributed by atoms with E-state index in [2.05, 4.69) is 28.7 Å². The molecule has 114 valence electrons. The highest BCUT2D eigenvalue weighted by molar-refractivity contribution is 7.86. The Morgan fingerprint density at radius 2 is 1.86 bits per heavy atom. The van der Waals surface area contributed by atoms with Gasteiger partial charge in [0.2, 0.25) is 0 Å². The number of aromatic nitrogens is 2.